The maximum Gasteiger partial charge on any atom is 0.278 e. The summed E-state index contributed by atoms with van der Waals surface area (Å²) in [5, 5.41) is 20.0. The standard InChI is InChI=1S/C21H27N3O4/c22-14-4-3-13-15-7-11-16(25)8-12(20(26)23-27)18-17(11)21(13,19(14)28-18)5-6-24(15)9-10-1-2-10/h8,10,13-15,19,25,27H,1-7,9,22H2,(H,23,26)/t13-,14+,15+,19-,21-/m0/s1. The summed E-state index contributed by atoms with van der Waals surface area (Å²) >= 11 is 0. The summed E-state index contributed by atoms with van der Waals surface area (Å²) in [6, 6.07) is 1.76. The summed E-state index contributed by atoms with van der Waals surface area (Å²) in [5.74, 6) is 1.28. The van der Waals surface area contributed by atoms with Crippen LogP contribution in [0.25, 0.3) is 0 Å². The number of ether oxygens (including phenoxy) is 1. The van der Waals surface area contributed by atoms with Gasteiger partial charge in [-0.2, -0.15) is 0 Å². The first-order valence-electron chi connectivity index (χ1n) is 10.5. The number of likely N-dealkylation sites (tertiary alicyclic amines) is 1. The van der Waals surface area contributed by atoms with Crippen LogP contribution in [0.1, 0.15) is 53.6 Å². The van der Waals surface area contributed by atoms with Gasteiger partial charge in [-0.15, -0.1) is 0 Å². The predicted molar refractivity (Wildman–Crippen MR) is 101 cm³/mol. The van der Waals surface area contributed by atoms with Crippen LogP contribution in [0.3, 0.4) is 0 Å². The van der Waals surface area contributed by atoms with Crippen molar-refractivity contribution in [2.75, 3.05) is 13.1 Å². The summed E-state index contributed by atoms with van der Waals surface area (Å²) in [5.41, 5.74) is 10.1. The summed E-state index contributed by atoms with van der Waals surface area (Å²) in [6.07, 6.45) is 6.22. The zero-order valence-electron chi connectivity index (χ0n) is 15.9. The Balaban J connectivity index is 1.55. The average Bonchev–Trinajstić information content (AvgIpc) is 3.44. The number of benzene rings is 1. The average molecular weight is 385 g/mol. The molecule has 2 saturated carbocycles. The minimum atomic E-state index is -0.651. The van der Waals surface area contributed by atoms with Crippen molar-refractivity contribution in [3.05, 3.63) is 22.8 Å². The maximum absolute atomic E-state index is 12.3. The minimum absolute atomic E-state index is 0.0857. The van der Waals surface area contributed by atoms with Crippen molar-refractivity contribution in [3.63, 3.8) is 0 Å². The van der Waals surface area contributed by atoms with Gasteiger partial charge < -0.3 is 15.6 Å². The lowest BCUT2D eigenvalue weighted by Crippen LogP contribution is -2.68. The Morgan fingerprint density at radius 3 is 2.93 bits per heavy atom. The highest BCUT2D eigenvalue weighted by Crippen LogP contribution is 2.64. The highest BCUT2D eigenvalue weighted by Gasteiger charge is 2.65. The molecule has 1 aromatic rings. The number of aromatic hydroxyl groups is 1. The van der Waals surface area contributed by atoms with E-state index in [1.54, 1.807) is 5.48 Å². The van der Waals surface area contributed by atoms with Crippen LogP contribution >= 0.6 is 0 Å². The number of nitrogens with zero attached hydrogens (tertiary/aromatic N) is 1. The van der Waals surface area contributed by atoms with Gasteiger partial charge in [-0.05, 0) is 63.0 Å². The molecule has 2 aliphatic heterocycles. The van der Waals surface area contributed by atoms with E-state index in [0.717, 1.165) is 55.8 Å². The Hall–Kier alpha value is -1.83. The Bertz CT molecular complexity index is 870. The number of phenolic OH excluding ortho intramolecular Hbond substituents is 1. The second-order valence-corrected chi connectivity index (χ2v) is 9.45. The molecule has 2 heterocycles. The van der Waals surface area contributed by atoms with Crippen LogP contribution in [0.15, 0.2) is 6.07 Å². The van der Waals surface area contributed by atoms with Gasteiger partial charge in [0, 0.05) is 35.2 Å². The molecule has 1 amide bonds. The van der Waals surface area contributed by atoms with E-state index in [0.29, 0.717) is 17.7 Å². The molecule has 1 saturated heterocycles. The van der Waals surface area contributed by atoms with Gasteiger partial charge in [0.25, 0.3) is 5.91 Å². The number of rotatable bonds is 3. The van der Waals surface area contributed by atoms with Crippen molar-refractivity contribution in [1.29, 1.82) is 0 Å². The molecule has 0 unspecified atom stereocenters. The molecule has 7 nitrogen and oxygen atoms in total. The van der Waals surface area contributed by atoms with Crippen LogP contribution in [0, 0.1) is 11.8 Å². The van der Waals surface area contributed by atoms with E-state index in [9.17, 15) is 15.1 Å². The van der Waals surface area contributed by atoms with Crippen molar-refractivity contribution in [2.24, 2.45) is 17.6 Å². The van der Waals surface area contributed by atoms with Gasteiger partial charge in [-0.1, -0.05) is 0 Å². The van der Waals surface area contributed by atoms with E-state index in [2.05, 4.69) is 4.90 Å². The minimum Gasteiger partial charge on any atom is -0.508 e. The van der Waals surface area contributed by atoms with E-state index in [4.69, 9.17) is 10.5 Å². The zero-order valence-corrected chi connectivity index (χ0v) is 15.9. The number of hydrogen-bond donors (Lipinski definition) is 4. The third-order valence-electron chi connectivity index (χ3n) is 8.14. The molecule has 2 bridgehead atoms. The Kier molecular flexibility index (Phi) is 3.42. The number of nitrogens with two attached hydrogens (primary N) is 1. The Labute approximate surface area is 163 Å². The summed E-state index contributed by atoms with van der Waals surface area (Å²) in [4.78, 5) is 14.9. The zero-order chi connectivity index (χ0) is 19.2. The molecule has 3 fully saturated rings. The molecule has 0 radical (unpaired) electrons. The second-order valence-electron chi connectivity index (χ2n) is 9.45. The number of nitrogens with one attached hydrogen (secondary N) is 1. The van der Waals surface area contributed by atoms with Crippen LogP contribution in [-0.2, 0) is 11.8 Å². The smallest absolute Gasteiger partial charge is 0.278 e. The van der Waals surface area contributed by atoms with Gasteiger partial charge in [0.1, 0.15) is 17.6 Å². The normalized spacial score (nSPS) is 37.9. The molecule has 0 aromatic heterocycles. The molecule has 150 valence electrons. The maximum atomic E-state index is 12.3. The van der Waals surface area contributed by atoms with Crippen LogP contribution in [0.4, 0.5) is 0 Å². The summed E-state index contributed by atoms with van der Waals surface area (Å²) in [6.45, 7) is 2.17. The monoisotopic (exact) mass is 385 g/mol. The Morgan fingerprint density at radius 2 is 2.18 bits per heavy atom. The quantitative estimate of drug-likeness (QED) is 0.461. The van der Waals surface area contributed by atoms with E-state index in [-0.39, 0.29) is 28.9 Å². The predicted octanol–water partition coefficient (Wildman–Crippen LogP) is 1.29. The van der Waals surface area contributed by atoms with Gasteiger partial charge in [0.2, 0.25) is 0 Å². The van der Waals surface area contributed by atoms with E-state index >= 15 is 0 Å². The molecule has 1 spiro atoms. The first-order valence-corrected chi connectivity index (χ1v) is 10.5. The van der Waals surface area contributed by atoms with E-state index < -0.39 is 5.91 Å². The highest BCUT2D eigenvalue weighted by atomic mass is 16.5. The largest absolute Gasteiger partial charge is 0.508 e. The molecule has 5 atom stereocenters. The summed E-state index contributed by atoms with van der Waals surface area (Å²) in [7, 11) is 0. The number of carbonyl (C=O) groups excluding carboxylic acids is 1. The number of piperidine rings is 1. The topological polar surface area (TPSA) is 108 Å². The van der Waals surface area contributed by atoms with Gasteiger partial charge in [0.05, 0.1) is 5.56 Å². The van der Waals surface area contributed by atoms with Gasteiger partial charge in [-0.25, -0.2) is 5.48 Å². The van der Waals surface area contributed by atoms with Crippen LogP contribution < -0.4 is 16.0 Å². The molecular formula is C21H27N3O4. The fourth-order valence-electron chi connectivity index (χ4n) is 6.84. The lowest BCUT2D eigenvalue weighted by atomic mass is 9.51. The van der Waals surface area contributed by atoms with Crippen molar-refractivity contribution >= 4 is 5.91 Å². The fourth-order valence-corrected chi connectivity index (χ4v) is 6.84. The molecule has 1 aromatic carbocycles. The first-order chi connectivity index (χ1) is 13.5. The second kappa shape index (κ2) is 5.62. The lowest BCUT2D eigenvalue weighted by molar-refractivity contribution is -0.0606. The van der Waals surface area contributed by atoms with Crippen molar-refractivity contribution in [1.82, 2.24) is 10.4 Å². The van der Waals surface area contributed by atoms with Crippen molar-refractivity contribution in [2.45, 2.75) is 62.1 Å². The Morgan fingerprint density at radius 1 is 1.36 bits per heavy atom. The molecular weight excluding hydrogens is 358 g/mol. The highest BCUT2D eigenvalue weighted by molar-refractivity contribution is 5.98. The van der Waals surface area contributed by atoms with Crippen molar-refractivity contribution in [3.8, 4) is 11.5 Å². The van der Waals surface area contributed by atoms with E-state index in [1.165, 1.54) is 18.9 Å². The van der Waals surface area contributed by atoms with Crippen molar-refractivity contribution < 1.29 is 19.8 Å². The third kappa shape index (κ3) is 2.02. The fraction of sp³-hybridized carbons (Fsp3) is 0.667. The number of phenols is 1. The molecule has 28 heavy (non-hydrogen) atoms. The number of amides is 1. The molecule has 5 aliphatic rings. The molecule has 6 rings (SSSR count). The summed E-state index contributed by atoms with van der Waals surface area (Å²) < 4.78 is 6.40. The molecule has 7 heteroatoms. The van der Waals surface area contributed by atoms with Gasteiger partial charge in [-0.3, -0.25) is 14.9 Å². The lowest BCUT2D eigenvalue weighted by Gasteiger charge is -2.59. The van der Waals surface area contributed by atoms with Crippen LogP contribution in [0.5, 0.6) is 11.5 Å². The molecule has 5 N–H and O–H groups in total. The van der Waals surface area contributed by atoms with Crippen LogP contribution in [-0.4, -0.2) is 52.4 Å². The first kappa shape index (κ1) is 17.1. The van der Waals surface area contributed by atoms with E-state index in [1.807, 2.05) is 0 Å². The number of hydroxylamine groups is 1. The van der Waals surface area contributed by atoms with Crippen LogP contribution in [0.2, 0.25) is 0 Å². The van der Waals surface area contributed by atoms with Gasteiger partial charge >= 0.3 is 0 Å². The third-order valence-corrected chi connectivity index (χ3v) is 8.14. The molecule has 3 aliphatic carbocycles. The SMILES string of the molecule is N[C@@H]1CC[C@H]2[C@H]3Cc4c(O)cc(C(=O)NO)c5c4[C@@]2(CCN3CC2CC2)[C@H]1O5. The number of carbonyl (C=O) groups is 1. The number of hydrogen-bond acceptors (Lipinski definition) is 6. The van der Waals surface area contributed by atoms with Gasteiger partial charge in [0.15, 0.2) is 0 Å².